The van der Waals surface area contributed by atoms with Crippen molar-refractivity contribution in [3.05, 3.63) is 0 Å². The summed E-state index contributed by atoms with van der Waals surface area (Å²) < 4.78 is 23.4. The molecule has 4 aliphatic carbocycles. The first kappa shape index (κ1) is 33.2. The van der Waals surface area contributed by atoms with E-state index in [2.05, 4.69) is 26.1 Å². The topological polar surface area (TPSA) is 117 Å². The van der Waals surface area contributed by atoms with E-state index < -0.39 is 5.60 Å². The van der Waals surface area contributed by atoms with Crippen LogP contribution < -0.4 is 5.32 Å². The number of carbonyl (C=O) groups excluding carboxylic acids is 4. The molecule has 0 aromatic rings. The lowest BCUT2D eigenvalue weighted by molar-refractivity contribution is -0.218. The van der Waals surface area contributed by atoms with Gasteiger partial charge in [-0.15, -0.1) is 0 Å². The van der Waals surface area contributed by atoms with Crippen molar-refractivity contribution in [2.24, 2.45) is 52.3 Å². The van der Waals surface area contributed by atoms with Gasteiger partial charge in [-0.1, -0.05) is 20.8 Å². The summed E-state index contributed by atoms with van der Waals surface area (Å²) in [5.41, 5.74) is -0.781. The fraction of sp³-hybridized carbons (Fsp3) is 0.886. The third-order valence-electron chi connectivity index (χ3n) is 13.6. The van der Waals surface area contributed by atoms with Crippen LogP contribution in [0.1, 0.15) is 105 Å². The standard InChI is InChI=1S/C35H55NO8/c1-22(6-9-31(40)44-33(2,3)23-11-14-36-15-12-23)26-7-8-27-32-28(18-30(43-21-39)35(26,27)5)34(4)13-10-25(41-19-37)16-24(34)17-29(32)42-20-38/h19-30,32,36H,6-18H2,1-5H3/t22-,24+,25?,26-,27+,28+,29?,30?,32+,34+,35-/m1/s1. The molecule has 3 unspecified atom stereocenters. The smallest absolute Gasteiger partial charge is 0.306 e. The fourth-order valence-electron chi connectivity index (χ4n) is 11.2. The molecule has 5 fully saturated rings. The van der Waals surface area contributed by atoms with E-state index in [1.807, 2.05) is 13.8 Å². The highest BCUT2D eigenvalue weighted by Gasteiger charge is 2.67. The molecule has 44 heavy (non-hydrogen) atoms. The van der Waals surface area contributed by atoms with E-state index in [1.165, 1.54) is 0 Å². The van der Waals surface area contributed by atoms with E-state index in [0.29, 0.717) is 31.8 Å². The number of piperidine rings is 1. The second-order valence-corrected chi connectivity index (χ2v) is 15.8. The van der Waals surface area contributed by atoms with E-state index >= 15 is 0 Å². The van der Waals surface area contributed by atoms with Crippen LogP contribution in [0, 0.1) is 52.3 Å². The van der Waals surface area contributed by atoms with Gasteiger partial charge in [0.1, 0.15) is 23.9 Å². The lowest BCUT2D eigenvalue weighted by atomic mass is 9.43. The van der Waals surface area contributed by atoms with Crippen molar-refractivity contribution < 1.29 is 38.1 Å². The molecule has 1 aliphatic heterocycles. The van der Waals surface area contributed by atoms with E-state index in [1.54, 1.807) is 0 Å². The van der Waals surface area contributed by atoms with Crippen molar-refractivity contribution in [1.29, 1.82) is 0 Å². The van der Waals surface area contributed by atoms with Crippen LogP contribution in [0.25, 0.3) is 0 Å². The number of hydrogen-bond acceptors (Lipinski definition) is 9. The average molecular weight is 618 g/mol. The average Bonchev–Trinajstić information content (AvgIpc) is 3.35. The number of fused-ring (bicyclic) bond motifs is 5. The highest BCUT2D eigenvalue weighted by Crippen LogP contribution is 2.69. The van der Waals surface area contributed by atoms with Gasteiger partial charge in [0.2, 0.25) is 0 Å². The van der Waals surface area contributed by atoms with E-state index in [4.69, 9.17) is 18.9 Å². The summed E-state index contributed by atoms with van der Waals surface area (Å²) in [6, 6.07) is 0. The Hall–Kier alpha value is -2.16. The van der Waals surface area contributed by atoms with Crippen LogP contribution in [-0.2, 0) is 38.1 Å². The summed E-state index contributed by atoms with van der Waals surface area (Å²) in [5.74, 6) is 1.62. The fourth-order valence-corrected chi connectivity index (χ4v) is 11.2. The van der Waals surface area contributed by atoms with E-state index in [-0.39, 0.29) is 70.6 Å². The molecule has 1 N–H and O–H groups in total. The maximum Gasteiger partial charge on any atom is 0.306 e. The molecule has 248 valence electrons. The Morgan fingerprint density at radius 3 is 2.30 bits per heavy atom. The Labute approximate surface area is 263 Å². The van der Waals surface area contributed by atoms with Gasteiger partial charge >= 0.3 is 5.97 Å². The van der Waals surface area contributed by atoms with Crippen molar-refractivity contribution in [3.63, 3.8) is 0 Å². The maximum absolute atomic E-state index is 13.1. The third kappa shape index (κ3) is 6.03. The Kier molecular flexibility index (Phi) is 10.0. The summed E-state index contributed by atoms with van der Waals surface area (Å²) in [4.78, 5) is 48.0. The van der Waals surface area contributed by atoms with E-state index in [9.17, 15) is 19.2 Å². The molecule has 0 aromatic heterocycles. The second-order valence-electron chi connectivity index (χ2n) is 15.8. The molecule has 0 spiro atoms. The molecule has 0 amide bonds. The third-order valence-corrected chi connectivity index (χ3v) is 13.6. The Morgan fingerprint density at radius 1 is 0.909 bits per heavy atom. The number of carbonyl (C=O) groups is 4. The van der Waals surface area contributed by atoms with Gasteiger partial charge in [0, 0.05) is 23.7 Å². The van der Waals surface area contributed by atoms with Gasteiger partial charge in [0.25, 0.3) is 19.4 Å². The van der Waals surface area contributed by atoms with Gasteiger partial charge in [-0.2, -0.15) is 0 Å². The van der Waals surface area contributed by atoms with Crippen LogP contribution in [0.2, 0.25) is 0 Å². The first-order chi connectivity index (χ1) is 21.0. The Balaban J connectivity index is 1.32. The van der Waals surface area contributed by atoms with Gasteiger partial charge in [-0.25, -0.2) is 0 Å². The van der Waals surface area contributed by atoms with Crippen LogP contribution in [0.5, 0.6) is 0 Å². The van der Waals surface area contributed by atoms with Crippen LogP contribution in [0.3, 0.4) is 0 Å². The number of esters is 1. The normalized spacial score (nSPS) is 41.2. The zero-order valence-corrected chi connectivity index (χ0v) is 27.5. The molecule has 1 saturated heterocycles. The zero-order chi connectivity index (χ0) is 31.7. The van der Waals surface area contributed by atoms with Gasteiger partial charge in [0.05, 0.1) is 0 Å². The summed E-state index contributed by atoms with van der Waals surface area (Å²) >= 11 is 0. The van der Waals surface area contributed by atoms with Crippen LogP contribution >= 0.6 is 0 Å². The molecule has 4 saturated carbocycles. The van der Waals surface area contributed by atoms with Gasteiger partial charge in [-0.3, -0.25) is 19.2 Å². The molecular formula is C35H55NO8. The second kappa shape index (κ2) is 13.3. The van der Waals surface area contributed by atoms with Crippen molar-refractivity contribution in [3.8, 4) is 0 Å². The predicted octanol–water partition coefficient (Wildman–Crippen LogP) is 5.23. The molecule has 9 heteroatoms. The van der Waals surface area contributed by atoms with Crippen molar-refractivity contribution in [1.82, 2.24) is 5.32 Å². The largest absolute Gasteiger partial charge is 0.465 e. The molecule has 1 heterocycles. The molecule has 0 radical (unpaired) electrons. The lowest BCUT2D eigenvalue weighted by Gasteiger charge is -2.64. The van der Waals surface area contributed by atoms with E-state index in [0.717, 1.165) is 77.3 Å². The molecule has 9 nitrogen and oxygen atoms in total. The minimum Gasteiger partial charge on any atom is -0.465 e. The van der Waals surface area contributed by atoms with Crippen molar-refractivity contribution in [2.45, 2.75) is 129 Å². The van der Waals surface area contributed by atoms with Crippen molar-refractivity contribution >= 4 is 25.4 Å². The molecule has 0 aromatic carbocycles. The van der Waals surface area contributed by atoms with Crippen LogP contribution in [-0.4, -0.2) is 62.4 Å². The predicted molar refractivity (Wildman–Crippen MR) is 163 cm³/mol. The van der Waals surface area contributed by atoms with Crippen LogP contribution in [0.4, 0.5) is 0 Å². The molecule has 5 rings (SSSR count). The first-order valence-electron chi connectivity index (χ1n) is 17.2. The number of nitrogens with one attached hydrogen (secondary N) is 1. The highest BCUT2D eigenvalue weighted by atomic mass is 16.6. The number of hydrogen-bond donors (Lipinski definition) is 1. The quantitative estimate of drug-likeness (QED) is 0.179. The number of ether oxygens (including phenoxy) is 4. The molecule has 0 bridgehead atoms. The Bertz CT molecular complexity index is 1040. The SMILES string of the molecule is C[C@H](CCC(=O)OC(C)(C)C1CCNCC1)[C@H]1CC[C@H]2[C@@H]3C(OC=O)C[C@@H]4CC(OC=O)CC[C@]4(C)[C@H]3CC(OC=O)[C@]12C. The summed E-state index contributed by atoms with van der Waals surface area (Å²) in [6.45, 7) is 14.7. The van der Waals surface area contributed by atoms with Crippen molar-refractivity contribution in [2.75, 3.05) is 13.1 Å². The maximum atomic E-state index is 13.1. The summed E-state index contributed by atoms with van der Waals surface area (Å²) in [5, 5.41) is 3.39. The van der Waals surface area contributed by atoms with Gasteiger partial charge in [0.15, 0.2) is 0 Å². The highest BCUT2D eigenvalue weighted by molar-refractivity contribution is 5.69. The zero-order valence-electron chi connectivity index (χ0n) is 27.5. The monoisotopic (exact) mass is 617 g/mol. The molecular weight excluding hydrogens is 562 g/mol. The first-order valence-corrected chi connectivity index (χ1v) is 17.2. The minimum absolute atomic E-state index is 0.0172. The lowest BCUT2D eigenvalue weighted by Crippen LogP contribution is -2.63. The minimum atomic E-state index is -0.477. The van der Waals surface area contributed by atoms with Crippen LogP contribution in [0.15, 0.2) is 0 Å². The van der Waals surface area contributed by atoms with Gasteiger partial charge < -0.3 is 24.3 Å². The summed E-state index contributed by atoms with van der Waals surface area (Å²) in [7, 11) is 0. The molecule has 5 aliphatic rings. The van der Waals surface area contributed by atoms with Gasteiger partial charge in [-0.05, 0) is 126 Å². The Morgan fingerprint density at radius 2 is 1.61 bits per heavy atom. The number of rotatable bonds is 12. The summed E-state index contributed by atoms with van der Waals surface area (Å²) in [6.07, 6.45) is 8.54. The molecule has 11 atom stereocenters.